The first-order chi connectivity index (χ1) is 9.70. The number of carbonyl (C=O) groups excluding carboxylic acids is 1. The smallest absolute Gasteiger partial charge is 0.264 e. The number of halogens is 3. The normalized spacial score (nSPS) is 17.1. The summed E-state index contributed by atoms with van der Waals surface area (Å²) in [7, 11) is 0.918. The summed E-state index contributed by atoms with van der Waals surface area (Å²) in [5.74, 6) is -1.02. The predicted octanol–water partition coefficient (Wildman–Crippen LogP) is 3.43. The third-order valence-electron chi connectivity index (χ3n) is 3.74. The molecule has 8 heteroatoms. The van der Waals surface area contributed by atoms with Gasteiger partial charge in [-0.3, -0.25) is 4.79 Å². The molecule has 2 rings (SSSR count). The Hall–Kier alpha value is -0.660. The number of carbonyl (C=O) groups is 1. The summed E-state index contributed by atoms with van der Waals surface area (Å²) < 4.78 is 36.4. The van der Waals surface area contributed by atoms with Gasteiger partial charge < -0.3 is 5.32 Å². The summed E-state index contributed by atoms with van der Waals surface area (Å²) in [5.41, 5.74) is 0.0433. The van der Waals surface area contributed by atoms with E-state index in [1.807, 2.05) is 6.92 Å². The Kier molecular flexibility index (Phi) is 4.95. The minimum absolute atomic E-state index is 0.0146. The topological polar surface area (TPSA) is 63.2 Å². The Morgan fingerprint density at radius 2 is 2.10 bits per heavy atom. The summed E-state index contributed by atoms with van der Waals surface area (Å²) >= 11 is 3.07. The number of benzene rings is 1. The fourth-order valence-corrected chi connectivity index (χ4v) is 3.63. The summed E-state index contributed by atoms with van der Waals surface area (Å²) in [6.45, 7) is 1.90. The third kappa shape index (κ3) is 3.76. The maximum Gasteiger partial charge on any atom is 0.264 e. The number of amides is 1. The van der Waals surface area contributed by atoms with Gasteiger partial charge in [-0.05, 0) is 53.7 Å². The molecule has 21 heavy (non-hydrogen) atoms. The van der Waals surface area contributed by atoms with Gasteiger partial charge in [-0.2, -0.15) is 0 Å². The fourth-order valence-electron chi connectivity index (χ4n) is 2.23. The van der Waals surface area contributed by atoms with E-state index in [0.717, 1.165) is 31.4 Å². The van der Waals surface area contributed by atoms with E-state index in [4.69, 9.17) is 10.7 Å². The second kappa shape index (κ2) is 6.22. The van der Waals surface area contributed by atoms with Gasteiger partial charge in [-0.25, -0.2) is 12.8 Å². The lowest BCUT2D eigenvalue weighted by Gasteiger charge is -2.32. The van der Waals surface area contributed by atoms with Crippen LogP contribution in [-0.2, 0) is 9.05 Å². The second-order valence-electron chi connectivity index (χ2n) is 5.15. The van der Waals surface area contributed by atoms with Gasteiger partial charge in [0.25, 0.3) is 15.0 Å². The average molecular weight is 399 g/mol. The van der Waals surface area contributed by atoms with E-state index in [1.54, 1.807) is 0 Å². The van der Waals surface area contributed by atoms with Gasteiger partial charge in [0.15, 0.2) is 0 Å². The van der Waals surface area contributed by atoms with Crippen LogP contribution in [0.15, 0.2) is 21.5 Å². The van der Waals surface area contributed by atoms with Crippen LogP contribution in [0.1, 0.15) is 36.5 Å². The Morgan fingerprint density at radius 1 is 1.48 bits per heavy atom. The first kappa shape index (κ1) is 16.7. The first-order valence-electron chi connectivity index (χ1n) is 6.44. The molecule has 1 aromatic carbocycles. The quantitative estimate of drug-likeness (QED) is 0.790. The maximum absolute atomic E-state index is 13.6. The van der Waals surface area contributed by atoms with E-state index < -0.39 is 25.7 Å². The van der Waals surface area contributed by atoms with Crippen molar-refractivity contribution in [3.05, 3.63) is 28.0 Å². The lowest BCUT2D eigenvalue weighted by atomic mass is 9.80. The van der Waals surface area contributed by atoms with Crippen molar-refractivity contribution < 1.29 is 17.6 Å². The zero-order chi connectivity index (χ0) is 15.8. The SMILES string of the molecule is CC(NC(=O)c1cc(S(=O)(=O)Cl)c(F)cc1Br)C1CCC1. The number of hydrogen-bond acceptors (Lipinski definition) is 3. The van der Waals surface area contributed by atoms with Crippen LogP contribution >= 0.6 is 26.6 Å². The lowest BCUT2D eigenvalue weighted by Crippen LogP contribution is -2.40. The summed E-state index contributed by atoms with van der Waals surface area (Å²) in [4.78, 5) is 11.5. The minimum atomic E-state index is -4.25. The maximum atomic E-state index is 13.6. The summed E-state index contributed by atoms with van der Waals surface area (Å²) in [6.07, 6.45) is 3.28. The predicted molar refractivity (Wildman–Crippen MR) is 81.4 cm³/mol. The Bertz CT molecular complexity index is 676. The van der Waals surface area contributed by atoms with Crippen molar-refractivity contribution >= 4 is 41.6 Å². The van der Waals surface area contributed by atoms with Crippen molar-refractivity contribution in [3.8, 4) is 0 Å². The molecule has 1 saturated carbocycles. The van der Waals surface area contributed by atoms with Crippen molar-refractivity contribution in [2.24, 2.45) is 5.92 Å². The van der Waals surface area contributed by atoms with Gasteiger partial charge >= 0.3 is 0 Å². The van der Waals surface area contributed by atoms with Crippen LogP contribution in [0.25, 0.3) is 0 Å². The summed E-state index contributed by atoms with van der Waals surface area (Å²) in [5, 5.41) is 2.81. The lowest BCUT2D eigenvalue weighted by molar-refractivity contribution is 0.0908. The van der Waals surface area contributed by atoms with E-state index >= 15 is 0 Å². The molecule has 1 atom stereocenters. The monoisotopic (exact) mass is 397 g/mol. The highest BCUT2D eigenvalue weighted by atomic mass is 79.9. The highest BCUT2D eigenvalue weighted by Crippen LogP contribution is 2.30. The van der Waals surface area contributed by atoms with Gasteiger partial charge in [0.05, 0.1) is 5.56 Å². The van der Waals surface area contributed by atoms with Gasteiger partial charge in [0.1, 0.15) is 10.7 Å². The molecule has 4 nitrogen and oxygen atoms in total. The molecule has 1 unspecified atom stereocenters. The van der Waals surface area contributed by atoms with Crippen LogP contribution in [0.3, 0.4) is 0 Å². The summed E-state index contributed by atoms with van der Waals surface area (Å²) in [6, 6.07) is 1.86. The first-order valence-corrected chi connectivity index (χ1v) is 9.55. The van der Waals surface area contributed by atoms with Crippen molar-refractivity contribution in [1.82, 2.24) is 5.32 Å². The number of nitrogens with one attached hydrogen (secondary N) is 1. The molecular weight excluding hydrogens is 385 g/mol. The van der Waals surface area contributed by atoms with Crippen LogP contribution in [-0.4, -0.2) is 20.4 Å². The highest BCUT2D eigenvalue weighted by molar-refractivity contribution is 9.10. The molecule has 0 spiro atoms. The largest absolute Gasteiger partial charge is 0.349 e. The van der Waals surface area contributed by atoms with Gasteiger partial charge in [-0.15, -0.1) is 0 Å². The molecule has 116 valence electrons. The highest BCUT2D eigenvalue weighted by Gasteiger charge is 2.27. The van der Waals surface area contributed by atoms with E-state index in [0.29, 0.717) is 5.92 Å². The third-order valence-corrected chi connectivity index (χ3v) is 5.74. The van der Waals surface area contributed by atoms with Gasteiger partial charge in [0.2, 0.25) is 0 Å². The minimum Gasteiger partial charge on any atom is -0.349 e. The van der Waals surface area contributed by atoms with Gasteiger partial charge in [0, 0.05) is 21.2 Å². The molecule has 0 heterocycles. The van der Waals surface area contributed by atoms with Crippen molar-refractivity contribution in [1.29, 1.82) is 0 Å². The Balaban J connectivity index is 2.28. The van der Waals surface area contributed by atoms with E-state index in [9.17, 15) is 17.6 Å². The van der Waals surface area contributed by atoms with E-state index in [2.05, 4.69) is 21.2 Å². The molecule has 0 aromatic heterocycles. The van der Waals surface area contributed by atoms with Crippen LogP contribution < -0.4 is 5.32 Å². The number of hydrogen-bond donors (Lipinski definition) is 1. The molecule has 1 aliphatic carbocycles. The van der Waals surface area contributed by atoms with Crippen molar-refractivity contribution in [2.75, 3.05) is 0 Å². The van der Waals surface area contributed by atoms with Crippen LogP contribution in [0.4, 0.5) is 4.39 Å². The molecule has 1 aliphatic rings. The average Bonchev–Trinajstić information content (AvgIpc) is 2.23. The van der Waals surface area contributed by atoms with Crippen LogP contribution in [0, 0.1) is 11.7 Å². The van der Waals surface area contributed by atoms with Crippen molar-refractivity contribution in [3.63, 3.8) is 0 Å². The van der Waals surface area contributed by atoms with Gasteiger partial charge in [-0.1, -0.05) is 6.42 Å². The van der Waals surface area contributed by atoms with Crippen LogP contribution in [0.2, 0.25) is 0 Å². The molecule has 0 saturated heterocycles. The van der Waals surface area contributed by atoms with Crippen LogP contribution in [0.5, 0.6) is 0 Å². The molecule has 0 bridgehead atoms. The molecular formula is C13H14BrClFNO3S. The molecule has 1 aromatic rings. The Labute approximate surface area is 135 Å². The zero-order valence-electron chi connectivity index (χ0n) is 11.2. The number of rotatable bonds is 4. The molecule has 1 N–H and O–H groups in total. The van der Waals surface area contributed by atoms with E-state index in [1.165, 1.54) is 0 Å². The molecule has 0 aliphatic heterocycles. The standard InChI is InChI=1S/C13H14BrClFNO3S/c1-7(8-3-2-4-8)17-13(18)9-5-12(21(15,19)20)11(16)6-10(9)14/h5-8H,2-4H2,1H3,(H,17,18). The zero-order valence-corrected chi connectivity index (χ0v) is 14.4. The molecule has 1 amide bonds. The Morgan fingerprint density at radius 3 is 2.57 bits per heavy atom. The second-order valence-corrected chi connectivity index (χ2v) is 8.54. The molecule has 1 fully saturated rings. The van der Waals surface area contributed by atoms with Crippen molar-refractivity contribution in [2.45, 2.75) is 37.1 Å². The van der Waals surface area contributed by atoms with E-state index in [-0.39, 0.29) is 16.1 Å². The fraction of sp³-hybridized carbons (Fsp3) is 0.462. The molecule has 0 radical (unpaired) electrons.